The van der Waals surface area contributed by atoms with Gasteiger partial charge in [0.1, 0.15) is 11.6 Å². The van der Waals surface area contributed by atoms with E-state index in [2.05, 4.69) is 37.1 Å². The first-order valence-electron chi connectivity index (χ1n) is 8.96. The number of aryl methyl sites for hydroxylation is 1. The summed E-state index contributed by atoms with van der Waals surface area (Å²) in [7, 11) is 0. The lowest BCUT2D eigenvalue weighted by Gasteiger charge is -2.39. The number of carbonyl (C=O) groups is 1. The van der Waals surface area contributed by atoms with E-state index in [4.69, 9.17) is 0 Å². The number of para-hydroxylation sites is 1. The van der Waals surface area contributed by atoms with Crippen LogP contribution in [-0.2, 0) is 4.79 Å². The fraction of sp³-hybridized carbons (Fsp3) is 0.524. The summed E-state index contributed by atoms with van der Waals surface area (Å²) in [5.74, 6) is -0.331. The first kappa shape index (κ1) is 17.5. The molecule has 1 aromatic carbocycles. The van der Waals surface area contributed by atoms with Crippen LogP contribution in [0.4, 0.5) is 5.69 Å². The molecule has 1 N–H and O–H groups in total. The second kappa shape index (κ2) is 6.22. The molecule has 1 saturated carbocycles. The highest BCUT2D eigenvalue weighted by Crippen LogP contribution is 2.52. The van der Waals surface area contributed by atoms with Gasteiger partial charge in [-0.25, -0.2) is 0 Å². The summed E-state index contributed by atoms with van der Waals surface area (Å²) < 4.78 is 0. The van der Waals surface area contributed by atoms with Crippen LogP contribution in [0.5, 0.6) is 0 Å². The van der Waals surface area contributed by atoms with Gasteiger partial charge < -0.3 is 10.2 Å². The Labute approximate surface area is 150 Å². The van der Waals surface area contributed by atoms with Crippen molar-refractivity contribution in [1.82, 2.24) is 4.90 Å². The fourth-order valence-electron chi connectivity index (χ4n) is 4.86. The molecule has 132 valence electrons. The Hall–Kier alpha value is -2.28. The molecular formula is C21H27N3O. The van der Waals surface area contributed by atoms with Gasteiger partial charge in [0, 0.05) is 24.5 Å². The number of anilines is 1. The standard InChI is InChI=1S/C21H27N3O/c1-15-7-5-6-8-18(15)23-19(25)16(11-22)12-24-14-21(4)10-17(24)9-20(2,3)13-21/h5-8,12,17H,9-10,13-14H2,1-4H3,(H,23,25)/b16-12-. The van der Waals surface area contributed by atoms with E-state index in [1.165, 1.54) is 6.42 Å². The van der Waals surface area contributed by atoms with Crippen molar-refractivity contribution in [2.24, 2.45) is 10.8 Å². The smallest absolute Gasteiger partial charge is 0.267 e. The molecule has 2 aliphatic rings. The summed E-state index contributed by atoms with van der Waals surface area (Å²) in [5.41, 5.74) is 2.51. The van der Waals surface area contributed by atoms with Gasteiger partial charge in [0.25, 0.3) is 5.91 Å². The summed E-state index contributed by atoms with van der Waals surface area (Å²) in [4.78, 5) is 14.8. The van der Waals surface area contributed by atoms with Crippen LogP contribution >= 0.6 is 0 Å². The molecule has 1 aliphatic carbocycles. The van der Waals surface area contributed by atoms with Crippen molar-refractivity contribution >= 4 is 11.6 Å². The van der Waals surface area contributed by atoms with Crippen molar-refractivity contribution in [2.75, 3.05) is 11.9 Å². The molecule has 2 unspecified atom stereocenters. The van der Waals surface area contributed by atoms with Crippen molar-refractivity contribution in [3.63, 3.8) is 0 Å². The van der Waals surface area contributed by atoms with E-state index in [9.17, 15) is 10.1 Å². The minimum Gasteiger partial charge on any atom is -0.373 e. The molecule has 1 heterocycles. The third-order valence-corrected chi connectivity index (χ3v) is 5.51. The van der Waals surface area contributed by atoms with Gasteiger partial charge in [0.05, 0.1) is 0 Å². The Morgan fingerprint density at radius 3 is 2.72 bits per heavy atom. The molecule has 0 aromatic heterocycles. The molecule has 2 atom stereocenters. The van der Waals surface area contributed by atoms with E-state index in [1.807, 2.05) is 31.2 Å². The van der Waals surface area contributed by atoms with E-state index in [0.717, 1.165) is 30.6 Å². The number of rotatable bonds is 3. The first-order valence-corrected chi connectivity index (χ1v) is 8.96. The van der Waals surface area contributed by atoms with Crippen LogP contribution in [0.1, 0.15) is 45.6 Å². The van der Waals surface area contributed by atoms with Gasteiger partial charge in [0.15, 0.2) is 0 Å². The highest BCUT2D eigenvalue weighted by atomic mass is 16.1. The number of fused-ring (bicyclic) bond motifs is 2. The van der Waals surface area contributed by atoms with Crippen LogP contribution in [0.2, 0.25) is 0 Å². The van der Waals surface area contributed by atoms with Gasteiger partial charge in [-0.05, 0) is 48.6 Å². The number of nitrogens with one attached hydrogen (secondary N) is 1. The van der Waals surface area contributed by atoms with Crippen LogP contribution in [0.25, 0.3) is 0 Å². The van der Waals surface area contributed by atoms with Crippen molar-refractivity contribution < 1.29 is 4.79 Å². The highest BCUT2D eigenvalue weighted by Gasteiger charge is 2.48. The number of hydrogen-bond acceptors (Lipinski definition) is 3. The minimum atomic E-state index is -0.331. The Bertz CT molecular complexity index is 759. The molecule has 1 aliphatic heterocycles. The molecule has 2 bridgehead atoms. The maximum Gasteiger partial charge on any atom is 0.267 e. The molecule has 25 heavy (non-hydrogen) atoms. The van der Waals surface area contributed by atoms with E-state index >= 15 is 0 Å². The van der Waals surface area contributed by atoms with Gasteiger partial charge in [-0.1, -0.05) is 39.0 Å². The average Bonchev–Trinajstić information content (AvgIpc) is 2.75. The Kier molecular flexibility index (Phi) is 4.36. The van der Waals surface area contributed by atoms with E-state index in [0.29, 0.717) is 11.5 Å². The number of nitriles is 1. The monoisotopic (exact) mass is 337 g/mol. The number of amides is 1. The third kappa shape index (κ3) is 3.71. The van der Waals surface area contributed by atoms with Crippen molar-refractivity contribution in [2.45, 2.75) is 53.0 Å². The van der Waals surface area contributed by atoms with Gasteiger partial charge in [0.2, 0.25) is 0 Å². The lowest BCUT2D eigenvalue weighted by Crippen LogP contribution is -2.33. The normalized spacial score (nSPS) is 27.7. The number of likely N-dealkylation sites (tertiary alicyclic amines) is 1. The summed E-state index contributed by atoms with van der Waals surface area (Å²) in [6.45, 7) is 9.83. The summed E-state index contributed by atoms with van der Waals surface area (Å²) in [5, 5.41) is 12.4. The largest absolute Gasteiger partial charge is 0.373 e. The molecule has 4 nitrogen and oxygen atoms in total. The maximum absolute atomic E-state index is 12.6. The van der Waals surface area contributed by atoms with Crippen LogP contribution in [0, 0.1) is 29.1 Å². The van der Waals surface area contributed by atoms with Crippen molar-refractivity contribution in [3.05, 3.63) is 41.6 Å². The fourth-order valence-corrected chi connectivity index (χ4v) is 4.86. The van der Waals surface area contributed by atoms with Gasteiger partial charge in [-0.3, -0.25) is 4.79 Å². The van der Waals surface area contributed by atoms with Crippen LogP contribution < -0.4 is 5.32 Å². The number of benzene rings is 1. The SMILES string of the molecule is Cc1ccccc1NC(=O)/C(C#N)=C\N1CC2(C)CC1CC(C)(C)C2. The van der Waals surface area contributed by atoms with Crippen molar-refractivity contribution in [1.29, 1.82) is 5.26 Å². The Morgan fingerprint density at radius 2 is 2.04 bits per heavy atom. The van der Waals surface area contributed by atoms with E-state index < -0.39 is 0 Å². The van der Waals surface area contributed by atoms with Crippen LogP contribution in [0.3, 0.4) is 0 Å². The molecule has 4 heteroatoms. The molecular weight excluding hydrogens is 310 g/mol. The molecule has 1 amide bonds. The van der Waals surface area contributed by atoms with E-state index in [-0.39, 0.29) is 16.9 Å². The molecule has 3 rings (SSSR count). The molecule has 0 spiro atoms. The van der Waals surface area contributed by atoms with Gasteiger partial charge >= 0.3 is 0 Å². The first-order chi connectivity index (χ1) is 11.7. The van der Waals surface area contributed by atoms with Crippen LogP contribution in [-0.4, -0.2) is 23.4 Å². The van der Waals surface area contributed by atoms with E-state index in [1.54, 1.807) is 6.20 Å². The lowest BCUT2D eigenvalue weighted by atomic mass is 9.65. The lowest BCUT2D eigenvalue weighted by molar-refractivity contribution is -0.112. The minimum absolute atomic E-state index is 0.178. The predicted molar refractivity (Wildman–Crippen MR) is 99.7 cm³/mol. The summed E-state index contributed by atoms with van der Waals surface area (Å²) in [6.07, 6.45) is 5.23. The number of hydrogen-bond donors (Lipinski definition) is 1. The molecule has 1 aromatic rings. The number of nitrogens with zero attached hydrogens (tertiary/aromatic N) is 2. The highest BCUT2D eigenvalue weighted by molar-refractivity contribution is 6.06. The summed E-state index contributed by atoms with van der Waals surface area (Å²) >= 11 is 0. The second-order valence-corrected chi connectivity index (χ2v) is 8.81. The zero-order valence-corrected chi connectivity index (χ0v) is 15.6. The molecule has 2 fully saturated rings. The van der Waals surface area contributed by atoms with Crippen molar-refractivity contribution in [3.8, 4) is 6.07 Å². The Morgan fingerprint density at radius 1 is 1.32 bits per heavy atom. The third-order valence-electron chi connectivity index (χ3n) is 5.51. The molecule has 1 saturated heterocycles. The molecule has 0 radical (unpaired) electrons. The zero-order valence-electron chi connectivity index (χ0n) is 15.6. The summed E-state index contributed by atoms with van der Waals surface area (Å²) in [6, 6.07) is 10.1. The van der Waals surface area contributed by atoms with Crippen LogP contribution in [0.15, 0.2) is 36.0 Å². The zero-order chi connectivity index (χ0) is 18.2. The average molecular weight is 337 g/mol. The Balaban J connectivity index is 1.78. The van der Waals surface area contributed by atoms with Gasteiger partial charge in [-0.15, -0.1) is 0 Å². The topological polar surface area (TPSA) is 56.1 Å². The predicted octanol–water partition coefficient (Wildman–Crippen LogP) is 4.24. The van der Waals surface area contributed by atoms with Gasteiger partial charge in [-0.2, -0.15) is 5.26 Å². The number of carbonyl (C=O) groups excluding carboxylic acids is 1. The quantitative estimate of drug-likeness (QED) is 0.663. The maximum atomic E-state index is 12.6. The second-order valence-electron chi connectivity index (χ2n) is 8.81.